The third-order valence-electron chi connectivity index (χ3n) is 2.70. The molecule has 0 spiro atoms. The van der Waals surface area contributed by atoms with Gasteiger partial charge in [0.25, 0.3) is 0 Å². The summed E-state index contributed by atoms with van der Waals surface area (Å²) in [6.07, 6.45) is 1.59. The zero-order valence-corrected chi connectivity index (χ0v) is 11.0. The predicted octanol–water partition coefficient (Wildman–Crippen LogP) is 3.39. The van der Waals surface area contributed by atoms with Crippen LogP contribution in [0.25, 0.3) is 10.6 Å². The molecule has 18 heavy (non-hydrogen) atoms. The van der Waals surface area contributed by atoms with Crippen LogP contribution in [0.5, 0.6) is 0 Å². The van der Waals surface area contributed by atoms with Gasteiger partial charge in [-0.15, -0.1) is 11.3 Å². The maximum atomic E-state index is 10.6. The number of carboxylic acid groups (broad SMARTS) is 1. The molecule has 0 saturated carbocycles. The zero-order valence-electron chi connectivity index (χ0n) is 10.2. The second-order valence-electron chi connectivity index (χ2n) is 4.00. The summed E-state index contributed by atoms with van der Waals surface area (Å²) in [5, 5.41) is 9.73. The lowest BCUT2D eigenvalue weighted by Crippen LogP contribution is -1.98. The van der Waals surface area contributed by atoms with E-state index in [9.17, 15) is 4.79 Å². The van der Waals surface area contributed by atoms with Crippen LogP contribution in [0.2, 0.25) is 0 Å². The fourth-order valence-electron chi connectivity index (χ4n) is 1.78. The van der Waals surface area contributed by atoms with Gasteiger partial charge >= 0.3 is 5.97 Å². The summed E-state index contributed by atoms with van der Waals surface area (Å²) in [6.45, 7) is 2.05. The average Bonchev–Trinajstić information content (AvgIpc) is 2.80. The summed E-state index contributed by atoms with van der Waals surface area (Å²) >= 11 is 1.60. The molecule has 0 aliphatic heterocycles. The van der Waals surface area contributed by atoms with E-state index in [0.29, 0.717) is 6.42 Å². The van der Waals surface area contributed by atoms with Crippen molar-refractivity contribution in [2.75, 3.05) is 0 Å². The molecule has 1 N–H and O–H groups in total. The molecule has 3 nitrogen and oxygen atoms in total. The summed E-state index contributed by atoms with van der Waals surface area (Å²) in [6, 6.07) is 10.0. The highest BCUT2D eigenvalue weighted by Gasteiger charge is 2.12. The summed E-state index contributed by atoms with van der Waals surface area (Å²) in [5.74, 6) is -0.758. The van der Waals surface area contributed by atoms with E-state index in [1.807, 2.05) is 37.3 Å². The van der Waals surface area contributed by atoms with Crippen molar-refractivity contribution in [1.29, 1.82) is 0 Å². The summed E-state index contributed by atoms with van der Waals surface area (Å²) in [4.78, 5) is 16.3. The Bertz CT molecular complexity index is 534. The molecular weight excluding hydrogens is 246 g/mol. The lowest BCUT2D eigenvalue weighted by molar-refractivity contribution is -0.136. The minimum atomic E-state index is -0.758. The molecule has 0 aliphatic carbocycles. The highest BCUT2D eigenvalue weighted by molar-refractivity contribution is 7.15. The number of hydrogen-bond acceptors (Lipinski definition) is 3. The number of aryl methyl sites for hydroxylation is 2. The van der Waals surface area contributed by atoms with Crippen molar-refractivity contribution in [2.45, 2.75) is 26.2 Å². The van der Waals surface area contributed by atoms with E-state index in [0.717, 1.165) is 27.6 Å². The van der Waals surface area contributed by atoms with Crippen molar-refractivity contribution in [2.24, 2.45) is 0 Å². The van der Waals surface area contributed by atoms with Crippen molar-refractivity contribution in [3.05, 3.63) is 40.9 Å². The van der Waals surface area contributed by atoms with Gasteiger partial charge in [-0.05, 0) is 12.8 Å². The van der Waals surface area contributed by atoms with Crippen LogP contribution in [0.4, 0.5) is 0 Å². The van der Waals surface area contributed by atoms with E-state index in [4.69, 9.17) is 5.11 Å². The van der Waals surface area contributed by atoms with Crippen LogP contribution in [0.15, 0.2) is 30.3 Å². The average molecular weight is 261 g/mol. The highest BCUT2D eigenvalue weighted by Crippen LogP contribution is 2.29. The van der Waals surface area contributed by atoms with Gasteiger partial charge in [-0.3, -0.25) is 4.79 Å². The summed E-state index contributed by atoms with van der Waals surface area (Å²) in [5.41, 5.74) is 2.12. The number of aromatic nitrogens is 1. The molecule has 0 unspecified atom stereocenters. The summed E-state index contributed by atoms with van der Waals surface area (Å²) in [7, 11) is 0. The lowest BCUT2D eigenvalue weighted by atomic mass is 10.2. The van der Waals surface area contributed by atoms with E-state index in [-0.39, 0.29) is 6.42 Å². The third-order valence-corrected chi connectivity index (χ3v) is 3.91. The molecule has 0 atom stereocenters. The van der Waals surface area contributed by atoms with Gasteiger partial charge in [-0.25, -0.2) is 4.98 Å². The number of nitrogens with zero attached hydrogens (tertiary/aromatic N) is 1. The number of hydrogen-bond donors (Lipinski definition) is 1. The smallest absolute Gasteiger partial charge is 0.303 e. The Labute approximate surface area is 110 Å². The molecule has 0 bridgehead atoms. The maximum absolute atomic E-state index is 10.6. The number of carboxylic acids is 1. The molecule has 0 fully saturated rings. The highest BCUT2D eigenvalue weighted by atomic mass is 32.1. The topological polar surface area (TPSA) is 50.2 Å². The molecule has 0 saturated heterocycles. The first-order valence-corrected chi connectivity index (χ1v) is 6.78. The van der Waals surface area contributed by atoms with E-state index in [1.54, 1.807) is 11.3 Å². The maximum Gasteiger partial charge on any atom is 0.303 e. The quantitative estimate of drug-likeness (QED) is 0.897. The standard InChI is InChI=1S/C14H15NO2S/c1-2-11-12(8-9-13(16)17)18-14(15-11)10-6-4-3-5-7-10/h3-7H,2,8-9H2,1H3,(H,16,17). The van der Waals surface area contributed by atoms with Crippen LogP contribution in [0.1, 0.15) is 23.9 Å². The second-order valence-corrected chi connectivity index (χ2v) is 5.09. The minimum absolute atomic E-state index is 0.170. The number of carbonyl (C=O) groups is 1. The van der Waals surface area contributed by atoms with Crippen molar-refractivity contribution in [3.8, 4) is 10.6 Å². The van der Waals surface area contributed by atoms with Gasteiger partial charge in [0.1, 0.15) is 5.01 Å². The third kappa shape index (κ3) is 2.96. The van der Waals surface area contributed by atoms with E-state index >= 15 is 0 Å². The Morgan fingerprint density at radius 3 is 2.67 bits per heavy atom. The van der Waals surface area contributed by atoms with Crippen molar-refractivity contribution >= 4 is 17.3 Å². The molecule has 4 heteroatoms. The second kappa shape index (κ2) is 5.78. The van der Waals surface area contributed by atoms with Crippen molar-refractivity contribution in [3.63, 3.8) is 0 Å². The van der Waals surface area contributed by atoms with E-state index in [2.05, 4.69) is 4.98 Å². The fraction of sp³-hybridized carbons (Fsp3) is 0.286. The number of rotatable bonds is 5. The van der Waals surface area contributed by atoms with Crippen molar-refractivity contribution in [1.82, 2.24) is 4.98 Å². The Kier molecular flexibility index (Phi) is 4.10. The molecule has 1 aromatic carbocycles. The Hall–Kier alpha value is -1.68. The fourth-order valence-corrected chi connectivity index (χ4v) is 2.93. The van der Waals surface area contributed by atoms with E-state index in [1.165, 1.54) is 0 Å². The van der Waals surface area contributed by atoms with E-state index < -0.39 is 5.97 Å². The Morgan fingerprint density at radius 2 is 2.06 bits per heavy atom. The van der Waals surface area contributed by atoms with Gasteiger partial charge in [0, 0.05) is 10.4 Å². The van der Waals surface area contributed by atoms with Crippen LogP contribution in [-0.4, -0.2) is 16.1 Å². The van der Waals surface area contributed by atoms with Gasteiger partial charge in [0.05, 0.1) is 12.1 Å². The first kappa shape index (κ1) is 12.8. The molecule has 94 valence electrons. The van der Waals surface area contributed by atoms with Crippen LogP contribution in [-0.2, 0) is 17.6 Å². The van der Waals surface area contributed by atoms with Gasteiger partial charge in [-0.1, -0.05) is 37.3 Å². The van der Waals surface area contributed by atoms with Crippen LogP contribution >= 0.6 is 11.3 Å². The minimum Gasteiger partial charge on any atom is -0.481 e. The number of thiazole rings is 1. The Morgan fingerprint density at radius 1 is 1.33 bits per heavy atom. The molecule has 0 radical (unpaired) electrons. The Balaban J connectivity index is 2.26. The number of aliphatic carboxylic acids is 1. The van der Waals surface area contributed by atoms with Crippen LogP contribution in [0.3, 0.4) is 0 Å². The van der Waals surface area contributed by atoms with Crippen molar-refractivity contribution < 1.29 is 9.90 Å². The lowest BCUT2D eigenvalue weighted by Gasteiger charge is -1.95. The summed E-state index contributed by atoms with van der Waals surface area (Å²) < 4.78 is 0. The molecule has 2 aromatic rings. The first-order valence-electron chi connectivity index (χ1n) is 5.96. The first-order chi connectivity index (χ1) is 8.70. The normalized spacial score (nSPS) is 10.5. The number of benzene rings is 1. The largest absolute Gasteiger partial charge is 0.481 e. The molecular formula is C14H15NO2S. The van der Waals surface area contributed by atoms with Gasteiger partial charge in [-0.2, -0.15) is 0 Å². The van der Waals surface area contributed by atoms with Crippen LogP contribution < -0.4 is 0 Å². The predicted molar refractivity (Wildman–Crippen MR) is 72.9 cm³/mol. The molecule has 1 aromatic heterocycles. The van der Waals surface area contributed by atoms with Gasteiger partial charge in [0.15, 0.2) is 0 Å². The SMILES string of the molecule is CCc1nc(-c2ccccc2)sc1CCC(=O)O. The van der Waals surface area contributed by atoms with Gasteiger partial charge in [0.2, 0.25) is 0 Å². The zero-order chi connectivity index (χ0) is 13.0. The molecule has 0 amide bonds. The monoisotopic (exact) mass is 261 g/mol. The molecule has 1 heterocycles. The van der Waals surface area contributed by atoms with Gasteiger partial charge < -0.3 is 5.11 Å². The van der Waals surface area contributed by atoms with Crippen LogP contribution in [0, 0.1) is 0 Å². The molecule has 2 rings (SSSR count). The molecule has 0 aliphatic rings.